The molecule has 0 saturated heterocycles. The van der Waals surface area contributed by atoms with Crippen molar-refractivity contribution in [3.05, 3.63) is 91.9 Å². The Morgan fingerprint density at radius 1 is 0.468 bits per heavy atom. The van der Waals surface area contributed by atoms with Gasteiger partial charge in [0.2, 0.25) is 0 Å². The Balaban J connectivity index is 0.00000368. The van der Waals surface area contributed by atoms with E-state index in [0.717, 1.165) is 0 Å². The van der Waals surface area contributed by atoms with Crippen molar-refractivity contribution < 1.29 is 57.7 Å². The molecule has 0 amide bonds. The van der Waals surface area contributed by atoms with Gasteiger partial charge in [0, 0.05) is 0 Å². The summed E-state index contributed by atoms with van der Waals surface area (Å²) in [7, 11) is -7.61. The maximum atomic E-state index is 2.73. The van der Waals surface area contributed by atoms with Gasteiger partial charge in [0.15, 0.2) is 0 Å². The van der Waals surface area contributed by atoms with E-state index in [1.54, 1.807) is 40.6 Å². The van der Waals surface area contributed by atoms with E-state index in [4.69, 9.17) is 0 Å². The molecule has 1 aliphatic rings. The molecule has 8 heteroatoms. The first-order valence-electron chi connectivity index (χ1n) is 16.5. The average Bonchev–Trinajstić information content (AvgIpc) is 3.05. The second-order valence-electron chi connectivity index (χ2n) is 17.0. The number of allylic oxidation sites excluding steroid dienone is 4. The quantitative estimate of drug-likeness (QED) is 0.206. The Hall–Kier alpha value is -0.408. The fourth-order valence-corrected chi connectivity index (χ4v) is 19.9. The first kappa shape index (κ1) is 44.6. The molecule has 3 aromatic carbocycles. The number of hydrogen-bond donors (Lipinski definition) is 0. The van der Waals surface area contributed by atoms with E-state index in [9.17, 15) is 0 Å². The first-order chi connectivity index (χ1) is 20.0. The van der Waals surface area contributed by atoms with Crippen LogP contribution >= 0.6 is 0 Å². The third kappa shape index (κ3) is 7.48. The molecule has 1 atom stereocenters. The number of aryl methyl sites for hydroxylation is 3. The minimum atomic E-state index is -2.84. The van der Waals surface area contributed by atoms with Gasteiger partial charge in [-0.05, 0) is 0 Å². The maximum absolute atomic E-state index is 2.84. The van der Waals surface area contributed by atoms with Crippen LogP contribution in [-0.2, 0) is 20.4 Å². The third-order valence-electron chi connectivity index (χ3n) is 11.0. The van der Waals surface area contributed by atoms with Crippen molar-refractivity contribution in [1.29, 1.82) is 0 Å². The molecule has 0 radical (unpaired) electrons. The van der Waals surface area contributed by atoms with Crippen LogP contribution in [0.15, 0.2) is 75.2 Å². The summed E-state index contributed by atoms with van der Waals surface area (Å²) in [6.45, 7) is 39.8. The van der Waals surface area contributed by atoms with E-state index < -0.39 is 32.3 Å². The Morgan fingerprint density at radius 3 is 0.957 bits per heavy atom. The average molecular weight is 792 g/mol. The van der Waals surface area contributed by atoms with Gasteiger partial charge >= 0.3 is 288 Å². The Labute approximate surface area is 322 Å². The standard InChI is InChI=1S/C39H57Si4.3ClH.Ti/c1-27-17-20-33(40(8,9)10)23-36(27)43(39(7)26-30(4)31(5)32(39)6,37-24-34(41(11,12)13)21-18-28(37)2)38-25-35(42(14,15)16)22-19-29(38)3;;;;/h17-25H,1-16H3;3*1H;/q;;;;+3/p-3. The Kier molecular flexibility index (Phi) is 14.3. The van der Waals surface area contributed by atoms with E-state index >= 15 is 0 Å². The first-order valence-corrected chi connectivity index (χ1v) is 29.7. The minimum Gasteiger partial charge on any atom is -1.00 e. The molecule has 0 aromatic heterocycles. The van der Waals surface area contributed by atoms with Crippen LogP contribution in [-0.4, -0.2) is 32.3 Å². The van der Waals surface area contributed by atoms with Crippen molar-refractivity contribution in [3.63, 3.8) is 0 Å². The van der Waals surface area contributed by atoms with Crippen LogP contribution in [0.1, 0.15) is 44.4 Å². The molecule has 0 fully saturated rings. The SMILES string of the molecule is CC1=C(C)C(C)([Si](c2cc([Si](C)(C)C)ccc2C)(c2cc([Si](C)(C)C)ccc2C)c2cc([Si](C)(C)C)ccc2C)[C]([Ti+3])=C1C.[Cl-].[Cl-].[Cl-]. The zero-order valence-electron chi connectivity index (χ0n) is 31.8. The largest absolute Gasteiger partial charge is 1.00 e. The van der Waals surface area contributed by atoms with Crippen LogP contribution in [0.3, 0.4) is 0 Å². The number of benzene rings is 3. The molecule has 0 heterocycles. The molecule has 254 valence electrons. The summed E-state index contributed by atoms with van der Waals surface area (Å²) in [6, 6.07) is 23.0. The third-order valence-corrected chi connectivity index (χ3v) is 25.1. The fourth-order valence-electron chi connectivity index (χ4n) is 7.60. The number of halogens is 3. The van der Waals surface area contributed by atoms with Gasteiger partial charge in [-0.25, -0.2) is 0 Å². The molecule has 0 saturated carbocycles. The molecule has 0 aliphatic heterocycles. The van der Waals surface area contributed by atoms with Crippen LogP contribution in [0.4, 0.5) is 0 Å². The van der Waals surface area contributed by atoms with Crippen molar-refractivity contribution in [2.24, 2.45) is 0 Å². The summed E-state index contributed by atoms with van der Waals surface area (Å²) in [5, 5.41) is 9.52. The zero-order chi connectivity index (χ0) is 33.4. The summed E-state index contributed by atoms with van der Waals surface area (Å²) in [4.78, 5) is 0. The number of rotatable bonds is 7. The van der Waals surface area contributed by atoms with Gasteiger partial charge < -0.3 is 37.2 Å². The van der Waals surface area contributed by atoms with Crippen LogP contribution in [0, 0.1) is 20.8 Å². The van der Waals surface area contributed by atoms with Gasteiger partial charge in [0.25, 0.3) is 0 Å². The molecule has 3 aromatic rings. The summed E-state index contributed by atoms with van der Waals surface area (Å²) in [5.74, 6) is 0. The number of hydrogen-bond acceptors (Lipinski definition) is 0. The molecule has 0 nitrogen and oxygen atoms in total. The Morgan fingerprint density at radius 2 is 0.745 bits per heavy atom. The van der Waals surface area contributed by atoms with Gasteiger partial charge in [-0.2, -0.15) is 0 Å². The molecule has 0 bridgehead atoms. The molecular formula is C39H57Cl3Si4Ti. The van der Waals surface area contributed by atoms with Crippen molar-refractivity contribution in [2.45, 2.75) is 112 Å². The van der Waals surface area contributed by atoms with Gasteiger partial charge in [-0.15, -0.1) is 0 Å². The van der Waals surface area contributed by atoms with Crippen LogP contribution < -0.4 is 68.3 Å². The molecule has 0 spiro atoms. The van der Waals surface area contributed by atoms with Crippen LogP contribution in [0.25, 0.3) is 0 Å². The second-order valence-corrected chi connectivity index (χ2v) is 37.1. The normalized spacial score (nSPS) is 17.3. The van der Waals surface area contributed by atoms with Crippen molar-refractivity contribution in [2.75, 3.05) is 0 Å². The van der Waals surface area contributed by atoms with E-state index in [1.165, 1.54) is 27.8 Å². The molecule has 1 aliphatic carbocycles. The van der Waals surface area contributed by atoms with Gasteiger partial charge in [-0.1, -0.05) is 0 Å². The smallest absolute Gasteiger partial charge is 1.00 e. The minimum absolute atomic E-state index is 0. The van der Waals surface area contributed by atoms with Crippen molar-refractivity contribution in [1.82, 2.24) is 0 Å². The van der Waals surface area contributed by atoms with Gasteiger partial charge in [0.05, 0.1) is 0 Å². The molecule has 1 unspecified atom stereocenters. The van der Waals surface area contributed by atoms with Gasteiger partial charge in [-0.3, -0.25) is 0 Å². The Bertz CT molecular complexity index is 1520. The molecule has 47 heavy (non-hydrogen) atoms. The van der Waals surface area contributed by atoms with Gasteiger partial charge in [0.1, 0.15) is 0 Å². The van der Waals surface area contributed by atoms with Crippen molar-refractivity contribution >= 4 is 63.4 Å². The maximum Gasteiger partial charge on any atom is -1.00 e. The summed E-state index contributed by atoms with van der Waals surface area (Å²) in [5.41, 5.74) is 8.94. The van der Waals surface area contributed by atoms with E-state index in [1.807, 2.05) is 0 Å². The molecule has 0 N–H and O–H groups in total. The fraction of sp³-hybridized carbons (Fsp3) is 0.436. The van der Waals surface area contributed by atoms with Crippen molar-refractivity contribution in [3.8, 4) is 0 Å². The van der Waals surface area contributed by atoms with E-state index in [0.29, 0.717) is 0 Å². The topological polar surface area (TPSA) is 0 Å². The van der Waals surface area contributed by atoms with E-state index in [2.05, 4.69) is 182 Å². The monoisotopic (exact) mass is 790 g/mol. The predicted molar refractivity (Wildman–Crippen MR) is 207 cm³/mol. The summed E-state index contributed by atoms with van der Waals surface area (Å²) >= 11 is 2.48. The second kappa shape index (κ2) is 15.1. The molecular weight excluding hydrogens is 735 g/mol. The summed E-state index contributed by atoms with van der Waals surface area (Å²) < 4.78 is 1.58. The van der Waals surface area contributed by atoms with Crippen LogP contribution in [0.2, 0.25) is 64.0 Å². The van der Waals surface area contributed by atoms with Crippen LogP contribution in [0.5, 0.6) is 0 Å². The molecule has 4 rings (SSSR count). The predicted octanol–water partition coefficient (Wildman–Crippen LogP) is -1.34. The summed E-state index contributed by atoms with van der Waals surface area (Å²) in [6.07, 6.45) is 0. The zero-order valence-corrected chi connectivity index (χ0v) is 39.7. The van der Waals surface area contributed by atoms with E-state index in [-0.39, 0.29) is 42.3 Å².